The number of rotatable bonds is 4. The molecule has 4 nitrogen and oxygen atoms in total. The molecule has 0 aliphatic carbocycles. The van der Waals surface area contributed by atoms with Crippen LogP contribution in [0.1, 0.15) is 0 Å². The maximum absolute atomic E-state index is 13.0. The molecule has 1 amide bonds. The third-order valence-corrected chi connectivity index (χ3v) is 4.92. The van der Waals surface area contributed by atoms with E-state index < -0.39 is 5.82 Å². The maximum Gasteiger partial charge on any atom is 0.234 e. The number of amides is 1. The number of anilines is 1. The van der Waals surface area contributed by atoms with Gasteiger partial charge in [-0.1, -0.05) is 35.0 Å². The minimum absolute atomic E-state index is 0.151. The van der Waals surface area contributed by atoms with Crippen molar-refractivity contribution in [1.29, 1.82) is 0 Å². The molecular formula is C16H12Cl2FN3OS. The Morgan fingerprint density at radius 1 is 1.29 bits per heavy atom. The van der Waals surface area contributed by atoms with Crippen LogP contribution in [-0.2, 0) is 11.8 Å². The summed E-state index contributed by atoms with van der Waals surface area (Å²) in [5.41, 5.74) is 2.08. The fourth-order valence-corrected chi connectivity index (χ4v) is 3.36. The summed E-state index contributed by atoms with van der Waals surface area (Å²) in [5, 5.41) is 4.12. The van der Waals surface area contributed by atoms with Crippen LogP contribution in [0, 0.1) is 5.82 Å². The Bertz CT molecular complexity index is 929. The Balaban J connectivity index is 1.69. The molecule has 1 heterocycles. The van der Waals surface area contributed by atoms with Crippen LogP contribution in [0.25, 0.3) is 11.0 Å². The number of imidazole rings is 1. The second-order valence-electron chi connectivity index (χ2n) is 5.05. The molecule has 0 saturated heterocycles. The summed E-state index contributed by atoms with van der Waals surface area (Å²) in [5.74, 6) is -0.553. The first kappa shape index (κ1) is 17.1. The number of aromatic nitrogens is 2. The minimum Gasteiger partial charge on any atom is -0.324 e. The van der Waals surface area contributed by atoms with Gasteiger partial charge in [0.05, 0.1) is 27.5 Å². The Labute approximate surface area is 152 Å². The number of nitrogens with zero attached hydrogens (tertiary/aromatic N) is 2. The van der Waals surface area contributed by atoms with Crippen LogP contribution in [0.4, 0.5) is 10.1 Å². The van der Waals surface area contributed by atoms with E-state index in [0.717, 1.165) is 17.1 Å². The van der Waals surface area contributed by atoms with Crippen molar-refractivity contribution in [3.05, 3.63) is 52.3 Å². The summed E-state index contributed by atoms with van der Waals surface area (Å²) in [4.78, 5) is 16.5. The quantitative estimate of drug-likeness (QED) is 0.661. The van der Waals surface area contributed by atoms with E-state index in [9.17, 15) is 9.18 Å². The molecule has 0 bridgehead atoms. The number of carbonyl (C=O) groups excluding carboxylic acids is 1. The molecule has 0 fully saturated rings. The zero-order chi connectivity index (χ0) is 17.3. The first-order chi connectivity index (χ1) is 11.4. The number of benzene rings is 2. The number of hydrogen-bond acceptors (Lipinski definition) is 3. The predicted octanol–water partition coefficient (Wildman–Crippen LogP) is 4.75. The molecule has 124 valence electrons. The Morgan fingerprint density at radius 3 is 2.83 bits per heavy atom. The van der Waals surface area contributed by atoms with Crippen molar-refractivity contribution in [3.63, 3.8) is 0 Å². The van der Waals surface area contributed by atoms with Crippen molar-refractivity contribution in [2.24, 2.45) is 7.05 Å². The molecule has 0 saturated carbocycles. The maximum atomic E-state index is 13.0. The SMILES string of the molecule is Cn1c(SCC(=O)Nc2ccc(F)cc2Cl)nc2cc(Cl)ccc21. The van der Waals surface area contributed by atoms with E-state index >= 15 is 0 Å². The van der Waals surface area contributed by atoms with Crippen LogP contribution in [-0.4, -0.2) is 21.2 Å². The normalized spacial score (nSPS) is 11.0. The third kappa shape index (κ3) is 3.66. The summed E-state index contributed by atoms with van der Waals surface area (Å²) in [6, 6.07) is 9.27. The summed E-state index contributed by atoms with van der Waals surface area (Å²) in [6.45, 7) is 0. The Kier molecular flexibility index (Phi) is 4.99. The van der Waals surface area contributed by atoms with E-state index in [4.69, 9.17) is 23.2 Å². The van der Waals surface area contributed by atoms with Gasteiger partial charge in [0.15, 0.2) is 5.16 Å². The van der Waals surface area contributed by atoms with E-state index in [2.05, 4.69) is 10.3 Å². The van der Waals surface area contributed by atoms with Crippen molar-refractivity contribution in [3.8, 4) is 0 Å². The van der Waals surface area contributed by atoms with E-state index in [1.54, 1.807) is 12.1 Å². The van der Waals surface area contributed by atoms with Crippen molar-refractivity contribution in [1.82, 2.24) is 9.55 Å². The van der Waals surface area contributed by atoms with Gasteiger partial charge >= 0.3 is 0 Å². The molecule has 0 radical (unpaired) electrons. The van der Waals surface area contributed by atoms with Crippen LogP contribution in [0.15, 0.2) is 41.6 Å². The van der Waals surface area contributed by atoms with E-state index in [1.807, 2.05) is 17.7 Å². The van der Waals surface area contributed by atoms with E-state index in [0.29, 0.717) is 15.9 Å². The average Bonchev–Trinajstić information content (AvgIpc) is 2.83. The first-order valence-electron chi connectivity index (χ1n) is 6.94. The van der Waals surface area contributed by atoms with Crippen LogP contribution in [0.5, 0.6) is 0 Å². The second-order valence-corrected chi connectivity index (χ2v) is 6.83. The number of carbonyl (C=O) groups is 1. The molecule has 0 aliphatic heterocycles. The van der Waals surface area contributed by atoms with Crippen LogP contribution in [0.2, 0.25) is 10.0 Å². The van der Waals surface area contributed by atoms with Gasteiger partial charge in [-0.2, -0.15) is 0 Å². The molecule has 1 N–H and O–H groups in total. The lowest BCUT2D eigenvalue weighted by Gasteiger charge is -2.07. The molecular weight excluding hydrogens is 372 g/mol. The molecule has 0 spiro atoms. The van der Waals surface area contributed by atoms with E-state index in [-0.39, 0.29) is 16.7 Å². The number of thioether (sulfide) groups is 1. The Hall–Kier alpha value is -1.76. The van der Waals surface area contributed by atoms with Crippen molar-refractivity contribution in [2.45, 2.75) is 5.16 Å². The fraction of sp³-hybridized carbons (Fsp3) is 0.125. The van der Waals surface area contributed by atoms with Gasteiger partial charge in [-0.25, -0.2) is 9.37 Å². The number of hydrogen-bond donors (Lipinski definition) is 1. The largest absolute Gasteiger partial charge is 0.324 e. The number of aryl methyl sites for hydroxylation is 1. The first-order valence-corrected chi connectivity index (χ1v) is 8.68. The lowest BCUT2D eigenvalue weighted by Crippen LogP contribution is -2.14. The highest BCUT2D eigenvalue weighted by molar-refractivity contribution is 7.99. The lowest BCUT2D eigenvalue weighted by molar-refractivity contribution is -0.113. The third-order valence-electron chi connectivity index (χ3n) is 3.34. The summed E-state index contributed by atoms with van der Waals surface area (Å²) >= 11 is 13.2. The standard InChI is InChI=1S/C16H12Cl2FN3OS/c1-22-14-5-2-9(17)6-13(14)21-16(22)24-8-15(23)20-12-4-3-10(19)7-11(12)18/h2-7H,8H2,1H3,(H,20,23). The zero-order valence-corrected chi connectivity index (χ0v) is 14.8. The molecule has 3 aromatic rings. The van der Waals surface area contributed by atoms with Crippen molar-refractivity contribution in [2.75, 3.05) is 11.1 Å². The van der Waals surface area contributed by atoms with Gasteiger partial charge in [-0.3, -0.25) is 4.79 Å². The highest BCUT2D eigenvalue weighted by Crippen LogP contribution is 2.26. The molecule has 0 atom stereocenters. The molecule has 0 aliphatic rings. The molecule has 0 unspecified atom stereocenters. The number of halogens is 3. The number of nitrogens with one attached hydrogen (secondary N) is 1. The monoisotopic (exact) mass is 383 g/mol. The van der Waals surface area contributed by atoms with Crippen LogP contribution in [0.3, 0.4) is 0 Å². The van der Waals surface area contributed by atoms with Gasteiger partial charge in [-0.15, -0.1) is 0 Å². The van der Waals surface area contributed by atoms with Crippen LogP contribution < -0.4 is 5.32 Å². The fourth-order valence-electron chi connectivity index (χ4n) is 2.19. The van der Waals surface area contributed by atoms with Gasteiger partial charge < -0.3 is 9.88 Å². The highest BCUT2D eigenvalue weighted by Gasteiger charge is 2.12. The summed E-state index contributed by atoms with van der Waals surface area (Å²) in [7, 11) is 1.88. The van der Waals surface area contributed by atoms with Gasteiger partial charge in [0.25, 0.3) is 0 Å². The van der Waals surface area contributed by atoms with Crippen molar-refractivity contribution >= 4 is 57.6 Å². The smallest absolute Gasteiger partial charge is 0.234 e. The molecule has 8 heteroatoms. The minimum atomic E-state index is -0.453. The van der Waals surface area contributed by atoms with Gasteiger partial charge in [0.1, 0.15) is 5.82 Å². The predicted molar refractivity (Wildman–Crippen MR) is 96.5 cm³/mol. The molecule has 2 aromatic carbocycles. The highest BCUT2D eigenvalue weighted by atomic mass is 35.5. The molecule has 24 heavy (non-hydrogen) atoms. The number of fused-ring (bicyclic) bond motifs is 1. The van der Waals surface area contributed by atoms with Gasteiger partial charge in [0.2, 0.25) is 5.91 Å². The topological polar surface area (TPSA) is 46.9 Å². The van der Waals surface area contributed by atoms with E-state index in [1.165, 1.54) is 23.9 Å². The van der Waals surface area contributed by atoms with Gasteiger partial charge in [-0.05, 0) is 36.4 Å². The Morgan fingerprint density at radius 2 is 2.08 bits per heavy atom. The zero-order valence-electron chi connectivity index (χ0n) is 12.5. The molecule has 3 rings (SSSR count). The van der Waals surface area contributed by atoms with Crippen LogP contribution >= 0.6 is 35.0 Å². The van der Waals surface area contributed by atoms with Gasteiger partial charge in [0, 0.05) is 12.1 Å². The summed E-state index contributed by atoms with van der Waals surface area (Å²) in [6.07, 6.45) is 0. The average molecular weight is 384 g/mol. The van der Waals surface area contributed by atoms with Crippen molar-refractivity contribution < 1.29 is 9.18 Å². The molecule has 1 aromatic heterocycles. The lowest BCUT2D eigenvalue weighted by atomic mass is 10.3. The second kappa shape index (κ2) is 7.01. The summed E-state index contributed by atoms with van der Waals surface area (Å²) < 4.78 is 14.9.